The van der Waals surface area contributed by atoms with Gasteiger partial charge in [0.15, 0.2) is 5.13 Å². The monoisotopic (exact) mass is 476 g/mol. The molecule has 1 aliphatic heterocycles. The molecule has 5 rings (SSSR count). The molecule has 3 heterocycles. The van der Waals surface area contributed by atoms with Gasteiger partial charge in [0, 0.05) is 34.9 Å². The molecular weight excluding hydrogens is 456 g/mol. The zero-order valence-electron chi connectivity index (χ0n) is 17.7. The summed E-state index contributed by atoms with van der Waals surface area (Å²) in [4.78, 5) is 22.2. The number of carbonyl (C=O) groups is 1. The first-order valence-electron chi connectivity index (χ1n) is 10.3. The van der Waals surface area contributed by atoms with Crippen molar-refractivity contribution < 1.29 is 13.2 Å². The number of hydrogen-bond acceptors (Lipinski definition) is 6. The van der Waals surface area contributed by atoms with E-state index >= 15 is 0 Å². The van der Waals surface area contributed by atoms with Crippen molar-refractivity contribution in [2.75, 3.05) is 16.2 Å². The fourth-order valence-corrected chi connectivity index (χ4v) is 6.23. The second-order valence-electron chi connectivity index (χ2n) is 7.60. The molecule has 9 heteroatoms. The lowest BCUT2D eigenvalue weighted by atomic mass is 10.1. The predicted octanol–water partition coefficient (Wildman–Crippen LogP) is 4.52. The molecule has 33 heavy (non-hydrogen) atoms. The summed E-state index contributed by atoms with van der Waals surface area (Å²) in [6.45, 7) is 2.35. The number of aromatic nitrogens is 2. The van der Waals surface area contributed by atoms with Crippen molar-refractivity contribution >= 4 is 38.1 Å². The summed E-state index contributed by atoms with van der Waals surface area (Å²) < 4.78 is 27.7. The van der Waals surface area contributed by atoms with Crippen LogP contribution in [0.1, 0.15) is 20.8 Å². The fraction of sp³-hybridized carbons (Fsp3) is 0.125. The van der Waals surface area contributed by atoms with E-state index in [2.05, 4.69) is 15.3 Å². The number of thiazole rings is 1. The molecule has 0 bridgehead atoms. The Balaban J connectivity index is 1.41. The zero-order chi connectivity index (χ0) is 23.0. The molecule has 7 nitrogen and oxygen atoms in total. The second-order valence-corrected chi connectivity index (χ2v) is 10.7. The maximum absolute atomic E-state index is 13.1. The van der Waals surface area contributed by atoms with Crippen LogP contribution in [0.4, 0.5) is 10.8 Å². The van der Waals surface area contributed by atoms with Crippen LogP contribution in [-0.4, -0.2) is 30.8 Å². The molecule has 0 radical (unpaired) electrons. The van der Waals surface area contributed by atoms with Gasteiger partial charge in [0.25, 0.3) is 15.9 Å². The van der Waals surface area contributed by atoms with Crippen LogP contribution in [0.2, 0.25) is 0 Å². The number of benzene rings is 2. The molecule has 1 amide bonds. The summed E-state index contributed by atoms with van der Waals surface area (Å²) in [5.41, 5.74) is 3.84. The number of hydrogen-bond donors (Lipinski definition) is 1. The highest BCUT2D eigenvalue weighted by atomic mass is 32.2. The highest BCUT2D eigenvalue weighted by Crippen LogP contribution is 2.37. The van der Waals surface area contributed by atoms with E-state index in [0.717, 1.165) is 21.7 Å². The van der Waals surface area contributed by atoms with E-state index in [4.69, 9.17) is 0 Å². The minimum atomic E-state index is -3.61. The standard InChI is InChI=1S/C24H20N4O3S2/c1-16-22(26-24(32-16)27-23(29)17-9-12-25-13-10-17)19-7-8-21-18(15-19)11-14-28(21)33(30,31)20-5-3-2-4-6-20/h2-10,12-13,15H,11,14H2,1H3,(H,26,27,29). The maximum atomic E-state index is 13.1. The number of anilines is 2. The average Bonchev–Trinajstić information content (AvgIpc) is 3.43. The van der Waals surface area contributed by atoms with Crippen LogP contribution in [0, 0.1) is 6.92 Å². The van der Waals surface area contributed by atoms with E-state index in [9.17, 15) is 13.2 Å². The van der Waals surface area contributed by atoms with Crippen LogP contribution in [-0.2, 0) is 16.4 Å². The first-order valence-corrected chi connectivity index (χ1v) is 12.6. The highest BCUT2D eigenvalue weighted by Gasteiger charge is 2.31. The number of fused-ring (bicyclic) bond motifs is 1. The van der Waals surface area contributed by atoms with Crippen molar-refractivity contribution in [3.63, 3.8) is 0 Å². The zero-order valence-corrected chi connectivity index (χ0v) is 19.4. The molecule has 0 fully saturated rings. The number of amides is 1. The molecule has 0 saturated carbocycles. The van der Waals surface area contributed by atoms with Crippen molar-refractivity contribution in [1.29, 1.82) is 0 Å². The molecular formula is C24H20N4O3S2. The van der Waals surface area contributed by atoms with Crippen LogP contribution in [0.15, 0.2) is 78.0 Å². The van der Waals surface area contributed by atoms with E-state index in [1.165, 1.54) is 15.6 Å². The summed E-state index contributed by atoms with van der Waals surface area (Å²) in [5.74, 6) is -0.242. The number of sulfonamides is 1. The number of nitrogens with one attached hydrogen (secondary N) is 1. The Morgan fingerprint density at radius 1 is 1.06 bits per heavy atom. The molecule has 0 unspecified atom stereocenters. The molecule has 0 spiro atoms. The molecule has 4 aromatic rings. The lowest BCUT2D eigenvalue weighted by molar-refractivity contribution is 0.102. The summed E-state index contributed by atoms with van der Waals surface area (Å²) in [6, 6.07) is 17.5. The molecule has 2 aromatic carbocycles. The minimum Gasteiger partial charge on any atom is -0.298 e. The number of pyridine rings is 1. The minimum absolute atomic E-state index is 0.242. The summed E-state index contributed by atoms with van der Waals surface area (Å²) in [5, 5.41) is 3.35. The van der Waals surface area contributed by atoms with Gasteiger partial charge < -0.3 is 0 Å². The highest BCUT2D eigenvalue weighted by molar-refractivity contribution is 7.92. The normalized spacial score (nSPS) is 13.1. The Morgan fingerprint density at radius 2 is 1.82 bits per heavy atom. The summed E-state index contributed by atoms with van der Waals surface area (Å²) in [7, 11) is -3.61. The smallest absolute Gasteiger partial charge is 0.264 e. The third-order valence-electron chi connectivity index (χ3n) is 5.50. The lowest BCUT2D eigenvalue weighted by Gasteiger charge is -2.19. The molecule has 0 aliphatic carbocycles. The van der Waals surface area contributed by atoms with Crippen molar-refractivity contribution in [1.82, 2.24) is 9.97 Å². The predicted molar refractivity (Wildman–Crippen MR) is 129 cm³/mol. The maximum Gasteiger partial charge on any atom is 0.264 e. The Labute approximate surface area is 195 Å². The van der Waals surface area contributed by atoms with Crippen LogP contribution >= 0.6 is 11.3 Å². The first kappa shape index (κ1) is 21.3. The second kappa shape index (κ2) is 8.42. The SMILES string of the molecule is Cc1sc(NC(=O)c2ccncc2)nc1-c1ccc2c(c1)CCN2S(=O)(=O)c1ccccc1. The van der Waals surface area contributed by atoms with E-state index in [1.807, 2.05) is 25.1 Å². The van der Waals surface area contributed by atoms with Gasteiger partial charge in [-0.3, -0.25) is 19.4 Å². The number of rotatable bonds is 5. The molecule has 0 atom stereocenters. The van der Waals surface area contributed by atoms with Crippen molar-refractivity contribution in [2.45, 2.75) is 18.2 Å². The van der Waals surface area contributed by atoms with Gasteiger partial charge >= 0.3 is 0 Å². The topological polar surface area (TPSA) is 92.3 Å². The van der Waals surface area contributed by atoms with Gasteiger partial charge in [-0.2, -0.15) is 0 Å². The van der Waals surface area contributed by atoms with E-state index in [-0.39, 0.29) is 10.8 Å². The summed E-state index contributed by atoms with van der Waals surface area (Å²) in [6.07, 6.45) is 3.77. The average molecular weight is 477 g/mol. The fourth-order valence-electron chi connectivity index (χ4n) is 3.88. The Morgan fingerprint density at radius 3 is 2.58 bits per heavy atom. The van der Waals surface area contributed by atoms with Gasteiger partial charge in [-0.25, -0.2) is 13.4 Å². The van der Waals surface area contributed by atoms with E-state index < -0.39 is 10.0 Å². The van der Waals surface area contributed by atoms with Crippen LogP contribution in [0.25, 0.3) is 11.3 Å². The van der Waals surface area contributed by atoms with Crippen molar-refractivity contribution in [2.24, 2.45) is 0 Å². The largest absolute Gasteiger partial charge is 0.298 e. The lowest BCUT2D eigenvalue weighted by Crippen LogP contribution is -2.29. The number of nitrogens with zero attached hydrogens (tertiary/aromatic N) is 3. The first-order chi connectivity index (χ1) is 15.9. The number of carbonyl (C=O) groups excluding carboxylic acids is 1. The molecule has 166 valence electrons. The number of aryl methyl sites for hydroxylation is 1. The van der Waals surface area contributed by atoms with Gasteiger partial charge in [0.05, 0.1) is 16.3 Å². The molecule has 0 saturated heterocycles. The molecule has 1 aliphatic rings. The molecule has 1 N–H and O–H groups in total. The van der Waals surface area contributed by atoms with Crippen LogP contribution in [0.5, 0.6) is 0 Å². The van der Waals surface area contributed by atoms with E-state index in [0.29, 0.717) is 29.3 Å². The van der Waals surface area contributed by atoms with Gasteiger partial charge in [-0.1, -0.05) is 24.3 Å². The van der Waals surface area contributed by atoms with Crippen molar-refractivity contribution in [3.8, 4) is 11.3 Å². The Hall–Kier alpha value is -3.56. The van der Waals surface area contributed by atoms with Gasteiger partial charge in [0.2, 0.25) is 0 Å². The molecule has 2 aromatic heterocycles. The van der Waals surface area contributed by atoms with Gasteiger partial charge in [-0.15, -0.1) is 11.3 Å². The Kier molecular flexibility index (Phi) is 5.43. The van der Waals surface area contributed by atoms with Crippen LogP contribution < -0.4 is 9.62 Å². The third-order valence-corrected chi connectivity index (χ3v) is 8.21. The van der Waals surface area contributed by atoms with Crippen LogP contribution in [0.3, 0.4) is 0 Å². The summed E-state index contributed by atoms with van der Waals surface area (Å²) >= 11 is 1.40. The van der Waals surface area contributed by atoms with E-state index in [1.54, 1.807) is 54.9 Å². The van der Waals surface area contributed by atoms with Gasteiger partial charge in [-0.05, 0) is 55.3 Å². The quantitative estimate of drug-likeness (QED) is 0.457. The third kappa shape index (κ3) is 4.01. The van der Waals surface area contributed by atoms with Gasteiger partial charge in [0.1, 0.15) is 0 Å². The van der Waals surface area contributed by atoms with Crippen molar-refractivity contribution in [3.05, 3.63) is 89.1 Å². The Bertz CT molecular complexity index is 1440.